The number of hydrogen-bond acceptors (Lipinski definition) is 6. The Balaban J connectivity index is 1.90. The van der Waals surface area contributed by atoms with E-state index in [1.807, 2.05) is 0 Å². The molecule has 3 aromatic rings. The molecule has 0 aliphatic heterocycles. The molecule has 0 atom stereocenters. The third-order valence-electron chi connectivity index (χ3n) is 3.47. The fourth-order valence-corrected chi connectivity index (χ4v) is 2.20. The number of ether oxygens (including phenoxy) is 1. The number of rotatable bonds is 3. The molecule has 1 aliphatic carbocycles. The van der Waals surface area contributed by atoms with Crippen LogP contribution in [0, 0.1) is 0 Å². The number of H-pyrrole nitrogens is 1. The molecule has 8 heteroatoms. The number of aromatic amines is 1. The normalized spacial score (nSPS) is 15.4. The Kier molecular flexibility index (Phi) is 2.35. The van der Waals surface area contributed by atoms with Gasteiger partial charge in [0.15, 0.2) is 5.75 Å². The maximum absolute atomic E-state index is 6.05. The van der Waals surface area contributed by atoms with Crippen molar-refractivity contribution in [2.75, 3.05) is 5.73 Å². The smallest absolute Gasteiger partial charge is 0.240 e. The van der Waals surface area contributed by atoms with Crippen molar-refractivity contribution in [1.29, 1.82) is 0 Å². The Labute approximate surface area is 114 Å². The minimum absolute atomic E-state index is 0.203. The van der Waals surface area contributed by atoms with Crippen molar-refractivity contribution in [2.24, 2.45) is 0 Å². The zero-order valence-electron chi connectivity index (χ0n) is 10.7. The van der Waals surface area contributed by atoms with E-state index in [9.17, 15) is 0 Å². The molecule has 0 radical (unpaired) electrons. The summed E-state index contributed by atoms with van der Waals surface area (Å²) in [7, 11) is 0. The molecule has 8 nitrogen and oxygen atoms in total. The average Bonchev–Trinajstić information content (AvgIpc) is 3.01. The highest BCUT2D eigenvalue weighted by atomic mass is 16.5. The van der Waals surface area contributed by atoms with Crippen molar-refractivity contribution in [3.63, 3.8) is 0 Å². The number of nitrogen functional groups attached to an aromatic ring is 1. The number of aromatic nitrogens is 6. The lowest BCUT2D eigenvalue weighted by Crippen LogP contribution is -2.25. The summed E-state index contributed by atoms with van der Waals surface area (Å²) in [4.78, 5) is 8.62. The third kappa shape index (κ3) is 1.68. The summed E-state index contributed by atoms with van der Waals surface area (Å²) in [6, 6.07) is 0. The van der Waals surface area contributed by atoms with Gasteiger partial charge in [0.1, 0.15) is 12.0 Å². The Morgan fingerprint density at radius 1 is 1.40 bits per heavy atom. The number of nitrogens with zero attached hydrogens (tertiary/aromatic N) is 5. The van der Waals surface area contributed by atoms with Gasteiger partial charge < -0.3 is 10.5 Å². The maximum Gasteiger partial charge on any atom is 0.240 e. The highest BCUT2D eigenvalue weighted by Gasteiger charge is 2.24. The van der Waals surface area contributed by atoms with E-state index in [4.69, 9.17) is 10.5 Å². The summed E-state index contributed by atoms with van der Waals surface area (Å²) >= 11 is 0. The quantitative estimate of drug-likeness (QED) is 0.736. The molecule has 4 rings (SSSR count). The van der Waals surface area contributed by atoms with Crippen molar-refractivity contribution in [1.82, 2.24) is 29.8 Å². The number of fused-ring (bicyclic) bond motifs is 1. The van der Waals surface area contributed by atoms with Crippen LogP contribution in [-0.2, 0) is 0 Å². The SMILES string of the molecule is Nc1nc2c(OC3CCC3)c(-c3cn[nH]c3)ncn2n1. The van der Waals surface area contributed by atoms with Crippen molar-refractivity contribution in [3.8, 4) is 17.0 Å². The van der Waals surface area contributed by atoms with Crippen LogP contribution in [0.1, 0.15) is 19.3 Å². The van der Waals surface area contributed by atoms with Crippen molar-refractivity contribution in [2.45, 2.75) is 25.4 Å². The van der Waals surface area contributed by atoms with Gasteiger partial charge in [-0.2, -0.15) is 14.6 Å². The molecule has 3 N–H and O–H groups in total. The monoisotopic (exact) mass is 271 g/mol. The van der Waals surface area contributed by atoms with Crippen LogP contribution in [0.4, 0.5) is 5.95 Å². The van der Waals surface area contributed by atoms with Crippen LogP contribution in [0.3, 0.4) is 0 Å². The van der Waals surface area contributed by atoms with Crippen LogP contribution in [-0.4, -0.2) is 35.9 Å². The standard InChI is InChI=1S/C12H13N7O/c13-12-17-11-10(20-8-2-1-3-8)9(7-4-15-16-5-7)14-6-19(11)18-12/h4-6,8H,1-3H2,(H2,13,18)(H,15,16). The van der Waals surface area contributed by atoms with Crippen LogP contribution in [0.25, 0.3) is 16.9 Å². The molecular formula is C12H13N7O. The van der Waals surface area contributed by atoms with Gasteiger partial charge in [0.05, 0.1) is 12.3 Å². The summed E-state index contributed by atoms with van der Waals surface area (Å²) in [6.45, 7) is 0. The van der Waals surface area contributed by atoms with Crippen LogP contribution >= 0.6 is 0 Å². The van der Waals surface area contributed by atoms with Crippen molar-refractivity contribution >= 4 is 11.6 Å². The van der Waals surface area contributed by atoms with Crippen molar-refractivity contribution in [3.05, 3.63) is 18.7 Å². The first-order chi connectivity index (χ1) is 9.81. The fraction of sp³-hybridized carbons (Fsp3) is 0.333. The lowest BCUT2D eigenvalue weighted by molar-refractivity contribution is 0.121. The zero-order chi connectivity index (χ0) is 13.5. The van der Waals surface area contributed by atoms with Gasteiger partial charge in [0, 0.05) is 11.8 Å². The molecule has 0 aromatic carbocycles. The minimum Gasteiger partial charge on any atom is -0.484 e. The molecule has 1 fully saturated rings. The van der Waals surface area contributed by atoms with E-state index < -0.39 is 0 Å². The summed E-state index contributed by atoms with van der Waals surface area (Å²) in [5, 5.41) is 10.8. The van der Waals surface area contributed by atoms with Gasteiger partial charge in [-0.3, -0.25) is 5.10 Å². The van der Waals surface area contributed by atoms with Crippen molar-refractivity contribution < 1.29 is 4.74 Å². The third-order valence-corrected chi connectivity index (χ3v) is 3.47. The fourth-order valence-electron chi connectivity index (χ4n) is 2.20. The highest BCUT2D eigenvalue weighted by molar-refractivity contribution is 5.73. The predicted molar refractivity (Wildman–Crippen MR) is 71.0 cm³/mol. The second-order valence-corrected chi connectivity index (χ2v) is 4.82. The van der Waals surface area contributed by atoms with Gasteiger partial charge >= 0.3 is 0 Å². The van der Waals surface area contributed by atoms with E-state index in [0.717, 1.165) is 18.4 Å². The average molecular weight is 271 g/mol. The molecule has 3 heterocycles. The van der Waals surface area contributed by atoms with Gasteiger partial charge in [-0.25, -0.2) is 4.98 Å². The Morgan fingerprint density at radius 3 is 3.00 bits per heavy atom. The predicted octanol–water partition coefficient (Wildman–Crippen LogP) is 1.03. The topological polar surface area (TPSA) is 107 Å². The van der Waals surface area contributed by atoms with Gasteiger partial charge in [-0.15, -0.1) is 5.10 Å². The molecule has 0 spiro atoms. The number of hydrogen-bond donors (Lipinski definition) is 2. The first-order valence-electron chi connectivity index (χ1n) is 6.48. The maximum atomic E-state index is 6.05. The van der Waals surface area contributed by atoms with Gasteiger partial charge in [0.25, 0.3) is 0 Å². The zero-order valence-corrected chi connectivity index (χ0v) is 10.7. The number of anilines is 1. The molecule has 3 aromatic heterocycles. The second kappa shape index (κ2) is 4.19. The van der Waals surface area contributed by atoms with Crippen LogP contribution in [0.15, 0.2) is 18.7 Å². The summed E-state index contributed by atoms with van der Waals surface area (Å²) in [6.07, 6.45) is 8.56. The number of nitrogens with one attached hydrogen (secondary N) is 1. The van der Waals surface area contributed by atoms with Crippen LogP contribution in [0.5, 0.6) is 5.75 Å². The van der Waals surface area contributed by atoms with Gasteiger partial charge in [0.2, 0.25) is 11.6 Å². The summed E-state index contributed by atoms with van der Waals surface area (Å²) < 4.78 is 7.58. The van der Waals surface area contributed by atoms with E-state index >= 15 is 0 Å². The largest absolute Gasteiger partial charge is 0.484 e. The van der Waals surface area contributed by atoms with E-state index in [-0.39, 0.29) is 12.1 Å². The van der Waals surface area contributed by atoms with E-state index in [1.165, 1.54) is 10.9 Å². The molecule has 20 heavy (non-hydrogen) atoms. The Hall–Kier alpha value is -2.64. The molecule has 1 saturated carbocycles. The lowest BCUT2D eigenvalue weighted by atomic mass is 9.96. The van der Waals surface area contributed by atoms with Crippen LogP contribution in [0.2, 0.25) is 0 Å². The minimum atomic E-state index is 0.203. The molecule has 0 bridgehead atoms. The Bertz CT molecular complexity index is 745. The van der Waals surface area contributed by atoms with Crippen LogP contribution < -0.4 is 10.5 Å². The van der Waals surface area contributed by atoms with E-state index in [0.29, 0.717) is 17.1 Å². The molecule has 102 valence electrons. The molecule has 0 unspecified atom stereocenters. The second-order valence-electron chi connectivity index (χ2n) is 4.82. The lowest BCUT2D eigenvalue weighted by Gasteiger charge is -2.27. The number of nitrogens with two attached hydrogens (primary N) is 1. The van der Waals surface area contributed by atoms with Gasteiger partial charge in [-0.1, -0.05) is 0 Å². The Morgan fingerprint density at radius 2 is 2.30 bits per heavy atom. The molecule has 0 amide bonds. The van der Waals surface area contributed by atoms with E-state index in [2.05, 4.69) is 25.3 Å². The first-order valence-corrected chi connectivity index (χ1v) is 6.48. The summed E-state index contributed by atoms with van der Waals surface area (Å²) in [5.41, 5.74) is 7.79. The van der Waals surface area contributed by atoms with E-state index in [1.54, 1.807) is 18.7 Å². The molecule has 0 saturated heterocycles. The molecular weight excluding hydrogens is 258 g/mol. The summed E-state index contributed by atoms with van der Waals surface area (Å²) in [5.74, 6) is 0.817. The first kappa shape index (κ1) is 11.2. The molecule has 1 aliphatic rings. The highest BCUT2D eigenvalue weighted by Crippen LogP contribution is 2.34. The van der Waals surface area contributed by atoms with Gasteiger partial charge in [-0.05, 0) is 19.3 Å².